The molecular weight excluding hydrogens is 825 g/mol. The summed E-state index contributed by atoms with van der Waals surface area (Å²) in [4.78, 5) is 14.8. The highest BCUT2D eigenvalue weighted by Gasteiger charge is 2.47. The van der Waals surface area contributed by atoms with Gasteiger partial charge in [0.1, 0.15) is 0 Å². The molecule has 12 aromatic rings. The minimum absolute atomic E-state index is 0.487. The highest BCUT2D eigenvalue weighted by atomic mass is 15.0. The molecule has 4 heteroatoms. The van der Waals surface area contributed by atoms with Crippen LogP contribution in [-0.4, -0.2) is 19.5 Å². The zero-order valence-electron chi connectivity index (χ0n) is 37.0. The fraction of sp³-hybridized carbons (Fsp3) is 0.0156. The van der Waals surface area contributed by atoms with Gasteiger partial charge in [-0.25, -0.2) is 15.0 Å². The molecule has 10 aromatic carbocycles. The van der Waals surface area contributed by atoms with Crippen LogP contribution in [-0.2, 0) is 5.41 Å². The molecule has 2 heterocycles. The summed E-state index contributed by atoms with van der Waals surface area (Å²) in [6.07, 6.45) is 0. The lowest BCUT2D eigenvalue weighted by atomic mass is 9.66. The van der Waals surface area contributed by atoms with Gasteiger partial charge in [0.25, 0.3) is 0 Å². The molecule has 0 aliphatic heterocycles. The number of fused-ring (bicyclic) bond motifs is 6. The van der Waals surface area contributed by atoms with Crippen molar-refractivity contribution < 1.29 is 0 Å². The Morgan fingerprint density at radius 3 is 1.38 bits per heavy atom. The average Bonchev–Trinajstić information content (AvgIpc) is 3.92. The van der Waals surface area contributed by atoms with Crippen molar-refractivity contribution in [3.8, 4) is 73.2 Å². The fourth-order valence-electron chi connectivity index (χ4n) is 10.7. The van der Waals surface area contributed by atoms with Crippen LogP contribution in [0.1, 0.15) is 22.3 Å². The van der Waals surface area contributed by atoms with Gasteiger partial charge in [0.05, 0.1) is 16.4 Å². The monoisotopic (exact) mass is 866 g/mol. The summed E-state index contributed by atoms with van der Waals surface area (Å²) in [5, 5.41) is 2.42. The lowest BCUT2D eigenvalue weighted by Gasteiger charge is -2.35. The van der Waals surface area contributed by atoms with Gasteiger partial charge in [0, 0.05) is 33.2 Å². The largest absolute Gasteiger partial charge is 0.309 e. The number of nitrogens with zero attached hydrogens (tertiary/aromatic N) is 4. The van der Waals surface area contributed by atoms with Crippen LogP contribution in [0.15, 0.2) is 255 Å². The van der Waals surface area contributed by atoms with E-state index in [0.717, 1.165) is 39.0 Å². The quantitative estimate of drug-likeness (QED) is 0.153. The molecule has 0 bridgehead atoms. The molecule has 1 aliphatic carbocycles. The van der Waals surface area contributed by atoms with Crippen LogP contribution in [0, 0.1) is 0 Å². The minimum atomic E-state index is -0.487. The molecule has 0 N–H and O–H groups in total. The van der Waals surface area contributed by atoms with Crippen molar-refractivity contribution >= 4 is 21.8 Å². The van der Waals surface area contributed by atoms with E-state index in [9.17, 15) is 0 Å². The van der Waals surface area contributed by atoms with Gasteiger partial charge in [0.15, 0.2) is 17.5 Å². The van der Waals surface area contributed by atoms with Gasteiger partial charge in [-0.15, -0.1) is 0 Å². The van der Waals surface area contributed by atoms with Gasteiger partial charge in [-0.1, -0.05) is 224 Å². The van der Waals surface area contributed by atoms with Gasteiger partial charge >= 0.3 is 0 Å². The molecule has 318 valence electrons. The van der Waals surface area contributed by atoms with Crippen molar-refractivity contribution in [3.63, 3.8) is 0 Å². The van der Waals surface area contributed by atoms with Gasteiger partial charge in [0.2, 0.25) is 0 Å². The zero-order valence-corrected chi connectivity index (χ0v) is 37.0. The molecule has 0 saturated carbocycles. The van der Waals surface area contributed by atoms with Gasteiger partial charge in [-0.05, 0) is 86.0 Å². The molecule has 4 nitrogen and oxygen atoms in total. The maximum Gasteiger partial charge on any atom is 0.164 e. The average molecular weight is 867 g/mol. The van der Waals surface area contributed by atoms with Crippen LogP contribution >= 0.6 is 0 Å². The molecule has 0 fully saturated rings. The van der Waals surface area contributed by atoms with Gasteiger partial charge in [-0.3, -0.25) is 0 Å². The first kappa shape index (κ1) is 39.4. The van der Waals surface area contributed by atoms with E-state index >= 15 is 0 Å². The van der Waals surface area contributed by atoms with E-state index in [2.05, 4.69) is 199 Å². The molecule has 13 rings (SSSR count). The first-order valence-corrected chi connectivity index (χ1v) is 23.2. The van der Waals surface area contributed by atoms with Crippen molar-refractivity contribution in [1.29, 1.82) is 0 Å². The molecule has 2 aromatic heterocycles. The highest BCUT2D eigenvalue weighted by Crippen LogP contribution is 2.58. The summed E-state index contributed by atoms with van der Waals surface area (Å²) < 4.78 is 2.40. The lowest BCUT2D eigenvalue weighted by molar-refractivity contribution is 0.770. The maximum absolute atomic E-state index is 4.96. The second-order valence-corrected chi connectivity index (χ2v) is 17.5. The minimum Gasteiger partial charge on any atom is -0.309 e. The van der Waals surface area contributed by atoms with Crippen molar-refractivity contribution in [2.24, 2.45) is 0 Å². The Hall–Kier alpha value is -8.99. The van der Waals surface area contributed by atoms with E-state index in [1.54, 1.807) is 0 Å². The van der Waals surface area contributed by atoms with E-state index in [0.29, 0.717) is 17.5 Å². The van der Waals surface area contributed by atoms with E-state index in [1.807, 2.05) is 60.7 Å². The van der Waals surface area contributed by atoms with Crippen LogP contribution < -0.4 is 0 Å². The summed E-state index contributed by atoms with van der Waals surface area (Å²) in [5.41, 5.74) is 18.2. The van der Waals surface area contributed by atoms with Crippen molar-refractivity contribution in [2.45, 2.75) is 5.41 Å². The first-order valence-electron chi connectivity index (χ1n) is 23.2. The lowest BCUT2D eigenvalue weighted by Crippen LogP contribution is -2.29. The van der Waals surface area contributed by atoms with Crippen molar-refractivity contribution in [1.82, 2.24) is 19.5 Å². The first-order chi connectivity index (χ1) is 33.7. The van der Waals surface area contributed by atoms with Crippen molar-refractivity contribution in [2.75, 3.05) is 0 Å². The third kappa shape index (κ3) is 6.34. The molecule has 0 amide bonds. The number of hydrogen-bond acceptors (Lipinski definition) is 3. The zero-order chi connectivity index (χ0) is 45.0. The number of para-hydroxylation sites is 1. The van der Waals surface area contributed by atoms with Crippen LogP contribution in [0.25, 0.3) is 95.0 Å². The second kappa shape index (κ2) is 16.2. The molecule has 1 aliphatic rings. The maximum atomic E-state index is 4.96. The molecule has 0 unspecified atom stereocenters. The SMILES string of the molecule is c1ccc(-c2nc(-c3ccccc3)nc(-c3ccc(-c4ccc5c(c4)c4ccccc4n5-c4ccc(-c5cccc6c5C(c5ccccc5)(c5ccccc5)c5ccccc5-6)cc4)cc3)n2)cc1. The number of hydrogen-bond donors (Lipinski definition) is 0. The van der Waals surface area contributed by atoms with E-state index in [-0.39, 0.29) is 0 Å². The Morgan fingerprint density at radius 1 is 0.294 bits per heavy atom. The smallest absolute Gasteiger partial charge is 0.164 e. The fourth-order valence-corrected chi connectivity index (χ4v) is 10.7. The van der Waals surface area contributed by atoms with Crippen LogP contribution in [0.5, 0.6) is 0 Å². The molecule has 0 spiro atoms. The Balaban J connectivity index is 0.883. The third-order valence-electron chi connectivity index (χ3n) is 13.8. The molecular formula is C64H42N4. The summed E-state index contributed by atoms with van der Waals surface area (Å²) in [6.45, 7) is 0. The normalized spacial score (nSPS) is 12.5. The summed E-state index contributed by atoms with van der Waals surface area (Å²) in [5.74, 6) is 1.94. The van der Waals surface area contributed by atoms with E-state index < -0.39 is 5.41 Å². The Bertz CT molecular complexity index is 3710. The molecule has 0 saturated heterocycles. The van der Waals surface area contributed by atoms with Crippen LogP contribution in [0.4, 0.5) is 0 Å². The third-order valence-corrected chi connectivity index (χ3v) is 13.8. The topological polar surface area (TPSA) is 43.6 Å². The van der Waals surface area contributed by atoms with E-state index in [4.69, 9.17) is 15.0 Å². The van der Waals surface area contributed by atoms with Gasteiger partial charge in [-0.2, -0.15) is 0 Å². The predicted octanol–water partition coefficient (Wildman–Crippen LogP) is 15.7. The van der Waals surface area contributed by atoms with Crippen LogP contribution in [0.2, 0.25) is 0 Å². The predicted molar refractivity (Wildman–Crippen MR) is 279 cm³/mol. The van der Waals surface area contributed by atoms with Crippen LogP contribution in [0.3, 0.4) is 0 Å². The molecule has 0 radical (unpaired) electrons. The Morgan fingerprint density at radius 2 is 0.750 bits per heavy atom. The van der Waals surface area contributed by atoms with Crippen molar-refractivity contribution in [3.05, 3.63) is 277 Å². The second-order valence-electron chi connectivity index (χ2n) is 17.5. The molecule has 68 heavy (non-hydrogen) atoms. The summed E-state index contributed by atoms with van der Waals surface area (Å²) in [7, 11) is 0. The molecule has 0 atom stereocenters. The highest BCUT2D eigenvalue weighted by molar-refractivity contribution is 6.10. The Labute approximate surface area is 395 Å². The standard InChI is InChI=1S/C64H42N4/c1-5-18-45(19-6-1)61-65-62(46-20-7-2-8-21-46)67-63(66-61)47-34-32-43(33-35-47)48-38-41-59-56(42-48)54-27-14-16-31-58(54)68(59)51-39-36-44(37-40-51)52-28-17-29-55-53-26-13-15-30-57(53)64(60(52)55,49-22-9-3-10-23-49)50-24-11-4-12-25-50/h1-42H. The van der Waals surface area contributed by atoms with Gasteiger partial charge < -0.3 is 4.57 Å². The van der Waals surface area contributed by atoms with E-state index in [1.165, 1.54) is 60.8 Å². The number of aromatic nitrogens is 4. The Kier molecular flexibility index (Phi) is 9.36. The number of benzene rings is 10. The summed E-state index contributed by atoms with van der Waals surface area (Å²) >= 11 is 0. The number of rotatable bonds is 8. The summed E-state index contributed by atoms with van der Waals surface area (Å²) in [6, 6.07) is 91.5.